The van der Waals surface area contributed by atoms with Crippen LogP contribution in [0.15, 0.2) is 15.9 Å². The second-order valence-corrected chi connectivity index (χ2v) is 5.92. The van der Waals surface area contributed by atoms with Gasteiger partial charge >= 0.3 is 0 Å². The van der Waals surface area contributed by atoms with Crippen LogP contribution in [0.3, 0.4) is 0 Å². The van der Waals surface area contributed by atoms with Crippen molar-refractivity contribution in [3.63, 3.8) is 0 Å². The van der Waals surface area contributed by atoms with Crippen LogP contribution < -0.4 is 0 Å². The van der Waals surface area contributed by atoms with Gasteiger partial charge in [0.1, 0.15) is 9.79 Å². The minimum Gasteiger partial charge on any atom is -0.503 e. The summed E-state index contributed by atoms with van der Waals surface area (Å²) in [5.41, 5.74) is -0.351. The smallest absolute Gasteiger partial charge is 0.298 e. The average molecular weight is 284 g/mol. The van der Waals surface area contributed by atoms with Crippen LogP contribution in [0.5, 0.6) is 11.5 Å². The Kier molecular flexibility index (Phi) is 3.09. The van der Waals surface area contributed by atoms with E-state index >= 15 is 0 Å². The van der Waals surface area contributed by atoms with Crippen LogP contribution in [0.2, 0.25) is 0 Å². The van der Waals surface area contributed by atoms with E-state index in [0.717, 1.165) is 6.92 Å². The molecule has 0 fully saturated rings. The van der Waals surface area contributed by atoms with Gasteiger partial charge in [-0.05, 0) is 18.6 Å². The van der Waals surface area contributed by atoms with E-state index < -0.39 is 41.5 Å². The number of rotatable bonds is 2. The summed E-state index contributed by atoms with van der Waals surface area (Å²) in [6.45, 7) is 1.07. The standard InChI is InChI=1S/C7H8O8S2/c1-3-2-4(16(10,11)12)5(8)6(9)7(3)17(13,14)15/h2,8-9H,1H3,(H,10,11,12)(H,13,14,15). The van der Waals surface area contributed by atoms with Crippen molar-refractivity contribution in [1.29, 1.82) is 0 Å². The minimum atomic E-state index is -4.84. The van der Waals surface area contributed by atoms with Gasteiger partial charge in [0.2, 0.25) is 0 Å². The predicted molar refractivity (Wildman–Crippen MR) is 54.1 cm³/mol. The zero-order chi connectivity index (χ0) is 13.6. The normalized spacial score (nSPS) is 12.6. The molecule has 0 heterocycles. The molecule has 0 aliphatic heterocycles. The Morgan fingerprint density at radius 3 is 1.76 bits per heavy atom. The van der Waals surface area contributed by atoms with Gasteiger partial charge in [0.05, 0.1) is 0 Å². The molecule has 96 valence electrons. The maximum Gasteiger partial charge on any atom is 0.298 e. The van der Waals surface area contributed by atoms with Gasteiger partial charge in [0, 0.05) is 0 Å². The maximum atomic E-state index is 10.9. The molecule has 8 nitrogen and oxygen atoms in total. The van der Waals surface area contributed by atoms with E-state index in [-0.39, 0.29) is 5.56 Å². The van der Waals surface area contributed by atoms with Crippen LogP contribution in [0.1, 0.15) is 5.56 Å². The zero-order valence-corrected chi connectivity index (χ0v) is 9.95. The fourth-order valence-electron chi connectivity index (χ4n) is 1.26. The van der Waals surface area contributed by atoms with E-state index in [0.29, 0.717) is 6.07 Å². The average Bonchev–Trinajstić information content (AvgIpc) is 2.07. The SMILES string of the molecule is Cc1cc(S(=O)(=O)O)c(O)c(O)c1S(=O)(=O)O. The number of phenolic OH excluding ortho intramolecular Hbond substituents is 2. The first-order valence-electron chi connectivity index (χ1n) is 3.96. The molecule has 0 aliphatic carbocycles. The number of hydrogen-bond donors (Lipinski definition) is 4. The molecule has 0 saturated carbocycles. The number of hydrogen-bond acceptors (Lipinski definition) is 6. The van der Waals surface area contributed by atoms with Crippen LogP contribution in [0.25, 0.3) is 0 Å². The maximum absolute atomic E-state index is 10.9. The lowest BCUT2D eigenvalue weighted by Crippen LogP contribution is -2.05. The molecule has 10 heteroatoms. The van der Waals surface area contributed by atoms with Gasteiger partial charge in [0.25, 0.3) is 20.2 Å². The highest BCUT2D eigenvalue weighted by Gasteiger charge is 2.28. The molecule has 1 aromatic rings. The fraction of sp³-hybridized carbons (Fsp3) is 0.143. The fourth-order valence-corrected chi connectivity index (χ4v) is 2.74. The third kappa shape index (κ3) is 2.49. The van der Waals surface area contributed by atoms with Crippen molar-refractivity contribution in [3.8, 4) is 11.5 Å². The second kappa shape index (κ2) is 3.84. The van der Waals surface area contributed by atoms with E-state index in [4.69, 9.17) is 9.11 Å². The van der Waals surface area contributed by atoms with Crippen LogP contribution in [-0.4, -0.2) is 36.2 Å². The summed E-state index contributed by atoms with van der Waals surface area (Å²) in [7, 11) is -9.66. The van der Waals surface area contributed by atoms with Gasteiger partial charge < -0.3 is 10.2 Å². The first-order chi connectivity index (χ1) is 7.46. The van der Waals surface area contributed by atoms with Crippen LogP contribution in [-0.2, 0) is 20.2 Å². The molecule has 0 saturated heterocycles. The third-order valence-electron chi connectivity index (χ3n) is 1.91. The molecule has 4 N–H and O–H groups in total. The zero-order valence-electron chi connectivity index (χ0n) is 8.32. The summed E-state index contributed by atoms with van der Waals surface area (Å²) in [5.74, 6) is -2.70. The summed E-state index contributed by atoms with van der Waals surface area (Å²) in [4.78, 5) is -2.08. The van der Waals surface area contributed by atoms with Crippen LogP contribution in [0.4, 0.5) is 0 Å². The van der Waals surface area contributed by atoms with Gasteiger partial charge in [-0.15, -0.1) is 0 Å². The quantitative estimate of drug-likeness (QED) is 0.434. The Balaban J connectivity index is 3.84. The summed E-state index contributed by atoms with van der Waals surface area (Å²) in [5, 5.41) is 18.5. The highest BCUT2D eigenvalue weighted by atomic mass is 32.2. The molecular formula is C7H8O8S2. The highest BCUT2D eigenvalue weighted by Crippen LogP contribution is 2.39. The van der Waals surface area contributed by atoms with E-state index in [1.165, 1.54) is 0 Å². The number of aromatic hydroxyl groups is 2. The number of aryl methyl sites for hydroxylation is 1. The van der Waals surface area contributed by atoms with E-state index in [2.05, 4.69) is 0 Å². The van der Waals surface area contributed by atoms with Gasteiger partial charge in [0.15, 0.2) is 11.5 Å². The first-order valence-corrected chi connectivity index (χ1v) is 6.84. The Bertz CT molecular complexity index is 670. The summed E-state index contributed by atoms with van der Waals surface area (Å²) >= 11 is 0. The van der Waals surface area contributed by atoms with Gasteiger partial charge in [-0.1, -0.05) is 0 Å². The molecule has 1 rings (SSSR count). The molecule has 0 bridgehead atoms. The summed E-state index contributed by atoms with van der Waals surface area (Å²) in [6, 6.07) is 0.605. The molecule has 0 amide bonds. The van der Waals surface area contributed by atoms with E-state index in [9.17, 15) is 27.0 Å². The Morgan fingerprint density at radius 2 is 1.41 bits per heavy atom. The molecule has 0 spiro atoms. The lowest BCUT2D eigenvalue weighted by Gasteiger charge is -2.10. The molecule has 17 heavy (non-hydrogen) atoms. The van der Waals surface area contributed by atoms with E-state index in [1.807, 2.05) is 0 Å². The Morgan fingerprint density at radius 1 is 0.941 bits per heavy atom. The van der Waals surface area contributed by atoms with Gasteiger partial charge in [-0.2, -0.15) is 16.8 Å². The van der Waals surface area contributed by atoms with Crippen molar-refractivity contribution in [3.05, 3.63) is 11.6 Å². The van der Waals surface area contributed by atoms with E-state index in [1.54, 1.807) is 0 Å². The molecule has 0 aliphatic rings. The lowest BCUT2D eigenvalue weighted by molar-refractivity contribution is 0.375. The molecule has 0 unspecified atom stereocenters. The van der Waals surface area contributed by atoms with Crippen molar-refractivity contribution in [1.82, 2.24) is 0 Å². The minimum absolute atomic E-state index is 0.351. The second-order valence-electron chi connectivity index (χ2n) is 3.17. The van der Waals surface area contributed by atoms with Crippen molar-refractivity contribution in [2.45, 2.75) is 16.7 Å². The highest BCUT2D eigenvalue weighted by molar-refractivity contribution is 7.86. The Labute approximate surface area is 96.6 Å². The monoisotopic (exact) mass is 284 g/mol. The third-order valence-corrected chi connectivity index (χ3v) is 3.81. The van der Waals surface area contributed by atoms with Crippen molar-refractivity contribution in [2.75, 3.05) is 0 Å². The largest absolute Gasteiger partial charge is 0.503 e. The van der Waals surface area contributed by atoms with Crippen LogP contribution >= 0.6 is 0 Å². The number of phenols is 2. The number of benzene rings is 1. The van der Waals surface area contributed by atoms with Gasteiger partial charge in [-0.3, -0.25) is 9.11 Å². The van der Waals surface area contributed by atoms with Gasteiger partial charge in [-0.25, -0.2) is 0 Å². The predicted octanol–water partition coefficient (Wildman–Crippen LogP) is -0.100. The first kappa shape index (κ1) is 13.7. The van der Waals surface area contributed by atoms with Crippen LogP contribution in [0, 0.1) is 6.92 Å². The molecule has 0 radical (unpaired) electrons. The van der Waals surface area contributed by atoms with Crippen molar-refractivity contribution >= 4 is 20.2 Å². The summed E-state index contributed by atoms with van der Waals surface area (Å²) < 4.78 is 60.8. The molecular weight excluding hydrogens is 276 g/mol. The lowest BCUT2D eigenvalue weighted by atomic mass is 10.2. The molecule has 1 aromatic carbocycles. The topological polar surface area (TPSA) is 149 Å². The van der Waals surface area contributed by atoms with Crippen molar-refractivity contribution < 1.29 is 36.2 Å². The molecule has 0 aromatic heterocycles. The summed E-state index contributed by atoms with van der Waals surface area (Å²) in [6.07, 6.45) is 0. The Hall–Kier alpha value is -1.36. The van der Waals surface area contributed by atoms with Crippen molar-refractivity contribution in [2.24, 2.45) is 0 Å². The molecule has 0 atom stereocenters.